The number of carbonyl (C=O) groups excluding carboxylic acids is 1. The number of hydrogen-bond acceptors (Lipinski definition) is 10. The maximum Gasteiger partial charge on any atom is 0.432 e. The monoisotopic (exact) mass is 485 g/mol. The Bertz CT molecular complexity index is 1180. The third kappa shape index (κ3) is 4.68. The third-order valence-corrected chi connectivity index (χ3v) is 6.01. The van der Waals surface area contributed by atoms with Crippen LogP contribution in [0.25, 0.3) is 10.3 Å². The van der Waals surface area contributed by atoms with Gasteiger partial charge < -0.3 is 19.8 Å². The molecule has 0 radical (unpaired) electrons. The van der Waals surface area contributed by atoms with Gasteiger partial charge in [-0.3, -0.25) is 5.32 Å². The van der Waals surface area contributed by atoms with E-state index in [1.807, 2.05) is 0 Å². The Labute approximate surface area is 188 Å². The molecule has 0 spiro atoms. The number of halogens is 3. The molecular weight excluding hydrogens is 467 g/mol. The third-order valence-electron chi connectivity index (χ3n) is 5.14. The number of piperidine rings is 1. The van der Waals surface area contributed by atoms with Crippen LogP contribution in [0.3, 0.4) is 0 Å². The average Bonchev–Trinajstić information content (AvgIpc) is 3.18. The van der Waals surface area contributed by atoms with Crippen LogP contribution in [0.1, 0.15) is 17.5 Å². The van der Waals surface area contributed by atoms with Crippen molar-refractivity contribution >= 4 is 32.9 Å². The first-order valence-corrected chi connectivity index (χ1v) is 10.4. The first-order valence-electron chi connectivity index (χ1n) is 9.58. The number of rotatable bonds is 4. The molecule has 0 aliphatic carbocycles. The number of fused-ring (bicyclic) bond motifs is 1. The van der Waals surface area contributed by atoms with E-state index in [0.717, 1.165) is 34.6 Å². The molecule has 1 aliphatic heterocycles. The molecule has 0 bridgehead atoms. The zero-order chi connectivity index (χ0) is 23.8. The lowest BCUT2D eigenvalue weighted by Gasteiger charge is -2.41. The van der Waals surface area contributed by atoms with Crippen molar-refractivity contribution in [2.45, 2.75) is 24.3 Å². The molecular formula is C19H18F3N5O5S. The maximum absolute atomic E-state index is 13.0. The van der Waals surface area contributed by atoms with Crippen LogP contribution >= 0.6 is 11.3 Å². The van der Waals surface area contributed by atoms with Crippen molar-refractivity contribution in [1.82, 2.24) is 20.0 Å². The number of aromatic nitrogens is 3. The molecule has 2 atom stereocenters. The lowest BCUT2D eigenvalue weighted by Crippen LogP contribution is -2.54. The van der Waals surface area contributed by atoms with Gasteiger partial charge in [0.15, 0.2) is 15.5 Å². The Kier molecular flexibility index (Phi) is 6.09. The van der Waals surface area contributed by atoms with E-state index in [4.69, 9.17) is 9.57 Å². The number of thiazole rings is 1. The number of benzene rings is 1. The van der Waals surface area contributed by atoms with Gasteiger partial charge in [0, 0.05) is 6.54 Å². The molecule has 2 aromatic heterocycles. The molecule has 1 amide bonds. The van der Waals surface area contributed by atoms with Gasteiger partial charge in [0.2, 0.25) is 5.88 Å². The van der Waals surface area contributed by atoms with Crippen LogP contribution in [0.2, 0.25) is 0 Å². The van der Waals surface area contributed by atoms with Crippen LogP contribution in [0.5, 0.6) is 5.88 Å². The number of amides is 1. The Morgan fingerprint density at radius 2 is 2.15 bits per heavy atom. The minimum absolute atomic E-state index is 0.0314. The summed E-state index contributed by atoms with van der Waals surface area (Å²) in [6.45, 7) is -0.352. The van der Waals surface area contributed by atoms with Crippen LogP contribution in [-0.4, -0.2) is 62.6 Å². The Hall–Kier alpha value is -3.07. The summed E-state index contributed by atoms with van der Waals surface area (Å²) in [4.78, 5) is 30.0. The standard InChI is InChI=1S/C19H18F3N5O5S/c1-31-14-13-15(24-9-23-14)33-16(25-13)26-17(29)32-27-6-5-18(30,12(28)8-27)10-3-2-4-11(7-10)19(20,21)22/h2-4,7,9,12,28,30H,5-6,8H2,1H3,(H,25,26,29). The van der Waals surface area contributed by atoms with Crippen molar-refractivity contribution in [1.29, 1.82) is 0 Å². The van der Waals surface area contributed by atoms with Gasteiger partial charge in [-0.2, -0.15) is 18.2 Å². The summed E-state index contributed by atoms with van der Waals surface area (Å²) in [7, 11) is 1.42. The molecule has 0 saturated carbocycles. The van der Waals surface area contributed by atoms with Gasteiger partial charge in [0.05, 0.1) is 19.2 Å². The van der Waals surface area contributed by atoms with Crippen LogP contribution in [-0.2, 0) is 16.6 Å². The van der Waals surface area contributed by atoms with E-state index in [2.05, 4.69) is 20.3 Å². The average molecular weight is 485 g/mol. The lowest BCUT2D eigenvalue weighted by atomic mass is 9.82. The molecule has 1 aromatic carbocycles. The minimum Gasteiger partial charge on any atom is -0.479 e. The zero-order valence-electron chi connectivity index (χ0n) is 17.0. The number of methoxy groups -OCH3 is 1. The topological polar surface area (TPSA) is 130 Å². The molecule has 10 nitrogen and oxygen atoms in total. The van der Waals surface area contributed by atoms with E-state index >= 15 is 0 Å². The maximum atomic E-state index is 13.0. The molecule has 3 heterocycles. The van der Waals surface area contributed by atoms with E-state index in [9.17, 15) is 28.2 Å². The molecule has 3 aromatic rings. The zero-order valence-corrected chi connectivity index (χ0v) is 17.9. The number of hydrogen-bond donors (Lipinski definition) is 3. The number of alkyl halides is 3. The van der Waals surface area contributed by atoms with Crippen LogP contribution < -0.4 is 10.1 Å². The van der Waals surface area contributed by atoms with Crippen molar-refractivity contribution < 1.29 is 37.8 Å². The van der Waals surface area contributed by atoms with Crippen molar-refractivity contribution in [3.63, 3.8) is 0 Å². The van der Waals surface area contributed by atoms with E-state index in [0.29, 0.717) is 10.3 Å². The molecule has 1 fully saturated rings. The summed E-state index contributed by atoms with van der Waals surface area (Å²) in [6, 6.07) is 4.16. The quantitative estimate of drug-likeness (QED) is 0.510. The van der Waals surface area contributed by atoms with Gasteiger partial charge in [-0.15, -0.1) is 5.06 Å². The molecule has 2 unspecified atom stereocenters. The fourth-order valence-electron chi connectivity index (χ4n) is 3.45. The summed E-state index contributed by atoms with van der Waals surface area (Å²) in [5, 5.41) is 25.1. The van der Waals surface area contributed by atoms with E-state index in [1.165, 1.54) is 19.5 Å². The number of hydroxylamine groups is 2. The fraction of sp³-hybridized carbons (Fsp3) is 0.368. The van der Waals surface area contributed by atoms with Crippen molar-refractivity contribution in [3.05, 3.63) is 41.7 Å². The van der Waals surface area contributed by atoms with Gasteiger partial charge in [-0.05, 0) is 24.1 Å². The molecule has 4 rings (SSSR count). The lowest BCUT2D eigenvalue weighted by molar-refractivity contribution is -0.198. The van der Waals surface area contributed by atoms with Gasteiger partial charge in [0.25, 0.3) is 0 Å². The van der Waals surface area contributed by atoms with Gasteiger partial charge in [-0.1, -0.05) is 23.5 Å². The second-order valence-corrected chi connectivity index (χ2v) is 8.19. The summed E-state index contributed by atoms with van der Waals surface area (Å²) >= 11 is 1.06. The highest BCUT2D eigenvalue weighted by Crippen LogP contribution is 2.37. The van der Waals surface area contributed by atoms with E-state index in [1.54, 1.807) is 0 Å². The van der Waals surface area contributed by atoms with Crippen molar-refractivity contribution in [3.8, 4) is 5.88 Å². The van der Waals surface area contributed by atoms with E-state index < -0.39 is 29.5 Å². The smallest absolute Gasteiger partial charge is 0.432 e. The van der Waals surface area contributed by atoms with Gasteiger partial charge in [-0.25, -0.2) is 14.8 Å². The summed E-state index contributed by atoms with van der Waals surface area (Å²) in [5.74, 6) is 0.241. The number of β-amino-alcohol motifs (C(OH)–C–C–N with tert-alkyl or cyclic N) is 1. The highest BCUT2D eigenvalue weighted by atomic mass is 32.1. The minimum atomic E-state index is -4.59. The summed E-state index contributed by atoms with van der Waals surface area (Å²) in [5.41, 5.74) is -2.58. The van der Waals surface area contributed by atoms with Crippen LogP contribution in [0, 0.1) is 0 Å². The first kappa shape index (κ1) is 23.1. The Balaban J connectivity index is 1.40. The van der Waals surface area contributed by atoms with Crippen LogP contribution in [0.15, 0.2) is 30.6 Å². The normalized spacial score (nSPS) is 21.7. The molecule has 1 aliphatic rings. The molecule has 33 heavy (non-hydrogen) atoms. The first-order chi connectivity index (χ1) is 15.6. The van der Waals surface area contributed by atoms with Crippen molar-refractivity contribution in [2.75, 3.05) is 25.5 Å². The fourth-order valence-corrected chi connectivity index (χ4v) is 4.23. The number of aliphatic hydroxyl groups is 2. The number of aliphatic hydroxyl groups excluding tert-OH is 1. The second kappa shape index (κ2) is 8.70. The largest absolute Gasteiger partial charge is 0.479 e. The van der Waals surface area contributed by atoms with Crippen LogP contribution in [0.4, 0.5) is 23.1 Å². The molecule has 3 N–H and O–H groups in total. The van der Waals surface area contributed by atoms with E-state index in [-0.39, 0.29) is 36.1 Å². The number of nitrogens with one attached hydrogen (secondary N) is 1. The second-order valence-electron chi connectivity index (χ2n) is 7.22. The molecule has 176 valence electrons. The van der Waals surface area contributed by atoms with Gasteiger partial charge >= 0.3 is 12.3 Å². The molecule has 1 saturated heterocycles. The number of carbonyl (C=O) groups is 1. The summed E-state index contributed by atoms with van der Waals surface area (Å²) < 4.78 is 44.1. The Morgan fingerprint density at radius 3 is 2.85 bits per heavy atom. The number of anilines is 1. The molecule has 14 heteroatoms. The van der Waals surface area contributed by atoms with Gasteiger partial charge in [0.1, 0.15) is 18.0 Å². The van der Waals surface area contributed by atoms with Crippen molar-refractivity contribution in [2.24, 2.45) is 0 Å². The number of ether oxygens (including phenoxy) is 1. The summed E-state index contributed by atoms with van der Waals surface area (Å²) in [6.07, 6.45) is -5.88. The Morgan fingerprint density at radius 1 is 1.36 bits per heavy atom. The highest BCUT2D eigenvalue weighted by molar-refractivity contribution is 7.22. The highest BCUT2D eigenvalue weighted by Gasteiger charge is 2.44. The predicted molar refractivity (Wildman–Crippen MR) is 109 cm³/mol. The number of nitrogens with zero attached hydrogens (tertiary/aromatic N) is 4. The SMILES string of the molecule is COc1ncnc2sc(NC(=O)ON3CCC(O)(c4cccc(C(F)(F)F)c4)C(O)C3)nc12. The predicted octanol–water partition coefficient (Wildman–Crippen LogP) is 2.53.